The minimum Gasteiger partial charge on any atom is -0.272 e. The van der Waals surface area contributed by atoms with Crippen molar-refractivity contribution in [2.75, 3.05) is 0 Å². The lowest BCUT2D eigenvalue weighted by Gasteiger charge is -2.10. The molecule has 7 heteroatoms. The molecule has 0 aliphatic carbocycles. The van der Waals surface area contributed by atoms with Crippen LogP contribution in [0.15, 0.2) is 64.2 Å². The van der Waals surface area contributed by atoms with E-state index in [0.29, 0.717) is 10.7 Å². The second-order valence-corrected chi connectivity index (χ2v) is 5.99. The predicted octanol–water partition coefficient (Wildman–Crippen LogP) is 2.09. The van der Waals surface area contributed by atoms with E-state index in [1.165, 1.54) is 4.68 Å². The van der Waals surface area contributed by atoms with Gasteiger partial charge in [-0.1, -0.05) is 41.9 Å². The third-order valence-corrected chi connectivity index (χ3v) is 4.40. The van der Waals surface area contributed by atoms with Crippen molar-refractivity contribution in [2.45, 2.75) is 12.5 Å². The fourth-order valence-electron chi connectivity index (χ4n) is 3.04. The third kappa shape index (κ3) is 2.07. The lowest BCUT2D eigenvalue weighted by molar-refractivity contribution is 0.0910. The van der Waals surface area contributed by atoms with E-state index in [2.05, 4.69) is 0 Å². The van der Waals surface area contributed by atoms with Crippen LogP contribution in [0.4, 0.5) is 0 Å². The SMILES string of the molecule is O=C1CC(c2ccc(Cl)cc2)n2c(=O)n(-c3ccccc3)c(=O)n21. The van der Waals surface area contributed by atoms with E-state index in [-0.39, 0.29) is 6.42 Å². The zero-order valence-electron chi connectivity index (χ0n) is 12.4. The molecule has 0 spiro atoms. The molecule has 1 aromatic heterocycles. The number of benzene rings is 2. The van der Waals surface area contributed by atoms with Crippen LogP contribution in [0, 0.1) is 0 Å². The number of nitrogens with zero attached hydrogens (tertiary/aromatic N) is 3. The van der Waals surface area contributed by atoms with Crippen LogP contribution in [0.5, 0.6) is 0 Å². The molecule has 2 heterocycles. The van der Waals surface area contributed by atoms with Crippen LogP contribution in [-0.2, 0) is 0 Å². The number of para-hydroxylation sites is 1. The predicted molar refractivity (Wildman–Crippen MR) is 89.1 cm³/mol. The molecule has 24 heavy (non-hydrogen) atoms. The summed E-state index contributed by atoms with van der Waals surface area (Å²) in [5.41, 5.74) is 0.0144. The molecular formula is C17H12ClN3O3. The third-order valence-electron chi connectivity index (χ3n) is 4.14. The molecule has 4 rings (SSSR count). The van der Waals surface area contributed by atoms with Gasteiger partial charge in [0.15, 0.2) is 0 Å². The van der Waals surface area contributed by atoms with E-state index in [9.17, 15) is 14.4 Å². The molecule has 2 aromatic carbocycles. The van der Waals surface area contributed by atoms with Crippen molar-refractivity contribution in [3.63, 3.8) is 0 Å². The summed E-state index contributed by atoms with van der Waals surface area (Å²) in [7, 11) is 0. The molecule has 0 saturated heterocycles. The standard InChI is InChI=1S/C17H12ClN3O3/c18-12-8-6-11(7-9-12)14-10-15(22)21-17(24)19(16(23)20(14)21)13-4-2-1-3-5-13/h1-9,14H,10H2. The van der Waals surface area contributed by atoms with Crippen molar-refractivity contribution in [1.29, 1.82) is 0 Å². The Morgan fingerprint density at radius 2 is 1.54 bits per heavy atom. The Balaban J connectivity index is 1.94. The molecule has 0 amide bonds. The van der Waals surface area contributed by atoms with Crippen LogP contribution < -0.4 is 11.4 Å². The van der Waals surface area contributed by atoms with Crippen LogP contribution in [0.1, 0.15) is 22.8 Å². The lowest BCUT2D eigenvalue weighted by atomic mass is 10.1. The first kappa shape index (κ1) is 14.7. The Kier molecular flexibility index (Phi) is 3.28. The van der Waals surface area contributed by atoms with Crippen molar-refractivity contribution in [1.82, 2.24) is 13.9 Å². The van der Waals surface area contributed by atoms with Gasteiger partial charge in [-0.3, -0.25) is 4.79 Å². The van der Waals surface area contributed by atoms with Gasteiger partial charge in [0.1, 0.15) is 0 Å². The van der Waals surface area contributed by atoms with Crippen LogP contribution >= 0.6 is 11.6 Å². The summed E-state index contributed by atoms with van der Waals surface area (Å²) in [6.45, 7) is 0. The first-order valence-corrected chi connectivity index (χ1v) is 7.76. The zero-order valence-corrected chi connectivity index (χ0v) is 13.2. The van der Waals surface area contributed by atoms with E-state index in [0.717, 1.165) is 14.8 Å². The summed E-state index contributed by atoms with van der Waals surface area (Å²) in [4.78, 5) is 37.7. The summed E-state index contributed by atoms with van der Waals surface area (Å²) < 4.78 is 3.16. The minimum atomic E-state index is -0.646. The monoisotopic (exact) mass is 341 g/mol. The largest absolute Gasteiger partial charge is 0.359 e. The summed E-state index contributed by atoms with van der Waals surface area (Å²) in [6, 6.07) is 14.9. The highest BCUT2D eigenvalue weighted by Crippen LogP contribution is 2.26. The number of carbonyl (C=O) groups excluding carboxylic acids is 1. The fraction of sp³-hybridized carbons (Fsp3) is 0.118. The van der Waals surface area contributed by atoms with E-state index in [1.54, 1.807) is 54.6 Å². The Bertz CT molecular complexity index is 1050. The van der Waals surface area contributed by atoms with Gasteiger partial charge in [0.05, 0.1) is 18.2 Å². The van der Waals surface area contributed by atoms with Gasteiger partial charge in [-0.05, 0) is 29.8 Å². The van der Waals surface area contributed by atoms with Gasteiger partial charge < -0.3 is 0 Å². The first-order chi connectivity index (χ1) is 11.6. The highest BCUT2D eigenvalue weighted by molar-refractivity contribution is 6.30. The number of rotatable bonds is 2. The quantitative estimate of drug-likeness (QED) is 0.717. The molecule has 1 aliphatic rings. The van der Waals surface area contributed by atoms with Gasteiger partial charge >= 0.3 is 11.4 Å². The number of aromatic nitrogens is 3. The van der Waals surface area contributed by atoms with Gasteiger partial charge in [0, 0.05) is 5.02 Å². The highest BCUT2D eigenvalue weighted by Gasteiger charge is 2.35. The minimum absolute atomic E-state index is 0.0712. The molecule has 1 aliphatic heterocycles. The van der Waals surface area contributed by atoms with Crippen LogP contribution in [0.3, 0.4) is 0 Å². The van der Waals surface area contributed by atoms with Gasteiger partial charge in [0.2, 0.25) is 0 Å². The summed E-state index contributed by atoms with van der Waals surface area (Å²) >= 11 is 5.89. The number of carbonyl (C=O) groups is 1. The van der Waals surface area contributed by atoms with Crippen molar-refractivity contribution < 1.29 is 4.79 Å². The van der Waals surface area contributed by atoms with E-state index < -0.39 is 23.3 Å². The zero-order chi connectivity index (χ0) is 16.8. The van der Waals surface area contributed by atoms with Gasteiger partial charge in [-0.2, -0.15) is 4.68 Å². The second kappa shape index (κ2) is 5.35. The molecule has 1 unspecified atom stereocenters. The van der Waals surface area contributed by atoms with Crippen LogP contribution in [0.25, 0.3) is 5.69 Å². The molecule has 3 aromatic rings. The fourth-order valence-corrected chi connectivity index (χ4v) is 3.16. The summed E-state index contributed by atoms with van der Waals surface area (Å²) in [6.07, 6.45) is 0.0712. The topological polar surface area (TPSA) is 66.0 Å². The molecule has 0 fully saturated rings. The van der Waals surface area contributed by atoms with E-state index in [1.807, 2.05) is 0 Å². The number of hydrogen-bond acceptors (Lipinski definition) is 3. The summed E-state index contributed by atoms with van der Waals surface area (Å²) in [5, 5.41) is 0.565. The molecule has 1 atom stereocenters. The number of halogens is 1. The molecule has 0 N–H and O–H groups in total. The maximum Gasteiger partial charge on any atom is 0.359 e. The Hall–Kier alpha value is -2.86. The van der Waals surface area contributed by atoms with Gasteiger partial charge in [0.25, 0.3) is 5.91 Å². The maximum atomic E-state index is 12.8. The molecular weight excluding hydrogens is 330 g/mol. The Morgan fingerprint density at radius 3 is 2.21 bits per heavy atom. The normalized spacial score (nSPS) is 16.4. The Morgan fingerprint density at radius 1 is 0.875 bits per heavy atom. The van der Waals surface area contributed by atoms with E-state index >= 15 is 0 Å². The van der Waals surface area contributed by atoms with Crippen molar-refractivity contribution in [3.05, 3.63) is 86.2 Å². The highest BCUT2D eigenvalue weighted by atomic mass is 35.5. The average Bonchev–Trinajstić information content (AvgIpc) is 3.06. The van der Waals surface area contributed by atoms with Crippen LogP contribution in [-0.4, -0.2) is 19.8 Å². The number of hydrogen-bond donors (Lipinski definition) is 0. The number of fused-ring (bicyclic) bond motifs is 1. The first-order valence-electron chi connectivity index (χ1n) is 7.38. The molecule has 120 valence electrons. The van der Waals surface area contributed by atoms with Crippen molar-refractivity contribution in [3.8, 4) is 5.69 Å². The molecule has 0 radical (unpaired) electrons. The molecule has 0 bridgehead atoms. The van der Waals surface area contributed by atoms with Crippen LogP contribution in [0.2, 0.25) is 5.02 Å². The molecule has 0 saturated carbocycles. The maximum absolute atomic E-state index is 12.8. The van der Waals surface area contributed by atoms with Crippen molar-refractivity contribution in [2.24, 2.45) is 0 Å². The van der Waals surface area contributed by atoms with Crippen molar-refractivity contribution >= 4 is 17.5 Å². The summed E-state index contributed by atoms with van der Waals surface area (Å²) in [5.74, 6) is -0.397. The Labute approximate surface area is 141 Å². The molecule has 6 nitrogen and oxygen atoms in total. The lowest BCUT2D eigenvalue weighted by Crippen LogP contribution is -2.30. The van der Waals surface area contributed by atoms with Gasteiger partial charge in [-0.25, -0.2) is 18.8 Å². The van der Waals surface area contributed by atoms with Gasteiger partial charge in [-0.15, -0.1) is 0 Å². The van der Waals surface area contributed by atoms with E-state index in [4.69, 9.17) is 11.6 Å². The average molecular weight is 342 g/mol. The smallest absolute Gasteiger partial charge is 0.272 e. The second-order valence-electron chi connectivity index (χ2n) is 5.56.